The number of fused-ring (bicyclic) bond motifs is 2. The van der Waals surface area contributed by atoms with Crippen LogP contribution in [0.2, 0.25) is 0 Å². The molecule has 346 valence electrons. The first-order valence-electron chi connectivity index (χ1n) is 22.4. The Hall–Kier alpha value is -6.96. The highest BCUT2D eigenvalue weighted by Crippen LogP contribution is 2.40. The number of nitrogens with two attached hydrogens (primary N) is 2. The molecule has 9 rings (SSSR count). The monoisotopic (exact) mass is 968 g/mol. The Morgan fingerprint density at radius 2 is 1.07 bits per heavy atom. The first kappa shape index (κ1) is 49.0. The summed E-state index contributed by atoms with van der Waals surface area (Å²) in [5.74, 6) is 1.75. The van der Waals surface area contributed by atoms with Gasteiger partial charge in [-0.25, -0.2) is 9.69 Å². The summed E-state index contributed by atoms with van der Waals surface area (Å²) in [4.78, 5) is 7.29. The van der Waals surface area contributed by atoms with Gasteiger partial charge in [0.25, 0.3) is 0 Å². The van der Waals surface area contributed by atoms with Gasteiger partial charge in [0.05, 0.1) is 51.7 Å². The molecule has 0 saturated carbocycles. The van der Waals surface area contributed by atoms with Crippen LogP contribution in [0.25, 0.3) is 42.6 Å². The van der Waals surface area contributed by atoms with Crippen LogP contribution in [-0.2, 0) is 22.4 Å². The van der Waals surface area contributed by atoms with Crippen molar-refractivity contribution in [3.05, 3.63) is 182 Å². The Kier molecular flexibility index (Phi) is 14.5. The number of aromatic nitrogens is 2. The number of para-hydroxylation sites is 2. The molecule has 1 aliphatic rings. The van der Waals surface area contributed by atoms with E-state index in [1.807, 2.05) is 107 Å². The maximum absolute atomic E-state index is 7.53. The maximum atomic E-state index is 7.53. The van der Waals surface area contributed by atoms with E-state index in [0.717, 1.165) is 106 Å². The molecule has 3 heterocycles. The van der Waals surface area contributed by atoms with E-state index in [4.69, 9.17) is 43.4 Å². The molecule has 68 heavy (non-hydrogen) atoms. The minimum atomic E-state index is -0.330. The van der Waals surface area contributed by atoms with E-state index in [9.17, 15) is 0 Å². The highest BCUT2D eigenvalue weighted by molar-refractivity contribution is 9.10. The summed E-state index contributed by atoms with van der Waals surface area (Å²) >= 11 is 3.60. The van der Waals surface area contributed by atoms with Crippen LogP contribution < -0.4 is 26.4 Å². The summed E-state index contributed by atoms with van der Waals surface area (Å²) < 4.78 is 28.4. The third-order valence-corrected chi connectivity index (χ3v) is 13.9. The van der Waals surface area contributed by atoms with E-state index in [0.29, 0.717) is 17.9 Å². The minimum Gasteiger partial charge on any atom is -0.496 e. The Balaban J connectivity index is 0.000000157. The molecule has 6 aromatic carbocycles. The number of methoxy groups -OCH3 is 2. The van der Waals surface area contributed by atoms with Gasteiger partial charge >= 0.3 is 7.12 Å². The Labute approximate surface area is 409 Å². The predicted octanol–water partition coefficient (Wildman–Crippen LogP) is 13.3. The number of aryl methyl sites for hydroxylation is 2. The highest BCUT2D eigenvalue weighted by Gasteiger charge is 2.52. The fourth-order valence-corrected chi connectivity index (χ4v) is 8.97. The second kappa shape index (κ2) is 20.1. The molecule has 0 spiro atoms. The molecule has 0 radical (unpaired) electrons. The lowest BCUT2D eigenvalue weighted by Crippen LogP contribution is -2.41. The van der Waals surface area contributed by atoms with Crippen LogP contribution in [0.3, 0.4) is 0 Å². The SMILES string of the molecule is Cc1c(N)cccc1B1OC(C)(C)C(C)(C)O1.[C-]#[N+]c1cc2c(-c3cccc(N)c3C)cn(Cc3ccccc3OC)c2cc1C.[C-]#[N+]c1cc2c(Br)cn(Cc3ccccc3OC)c2cc1C. The predicted molar refractivity (Wildman–Crippen MR) is 284 cm³/mol. The summed E-state index contributed by atoms with van der Waals surface area (Å²) in [6.45, 7) is 32.4. The number of hydrogen-bond acceptors (Lipinski definition) is 6. The number of ether oxygens (including phenoxy) is 2. The van der Waals surface area contributed by atoms with Crippen LogP contribution >= 0.6 is 15.9 Å². The van der Waals surface area contributed by atoms with Gasteiger partial charge in [0.15, 0.2) is 11.4 Å². The molecular formula is C56H58BBrN6O4. The fourth-order valence-electron chi connectivity index (χ4n) is 8.41. The van der Waals surface area contributed by atoms with Crippen molar-refractivity contribution in [3.63, 3.8) is 0 Å². The number of anilines is 2. The molecule has 0 bridgehead atoms. The van der Waals surface area contributed by atoms with Crippen LogP contribution in [0.1, 0.15) is 61.1 Å². The lowest BCUT2D eigenvalue weighted by molar-refractivity contribution is 0.00578. The Bertz CT molecular complexity index is 3230. The van der Waals surface area contributed by atoms with Crippen LogP contribution in [0.4, 0.5) is 22.7 Å². The molecule has 1 saturated heterocycles. The lowest BCUT2D eigenvalue weighted by Gasteiger charge is -2.32. The van der Waals surface area contributed by atoms with Crippen molar-refractivity contribution in [1.82, 2.24) is 9.13 Å². The van der Waals surface area contributed by atoms with Crippen molar-refractivity contribution in [3.8, 4) is 22.6 Å². The third kappa shape index (κ3) is 9.86. The molecule has 1 aliphatic heterocycles. The molecule has 0 amide bonds. The average Bonchev–Trinajstić information content (AvgIpc) is 3.89. The maximum Gasteiger partial charge on any atom is 0.495 e. The molecular weight excluding hydrogens is 911 g/mol. The van der Waals surface area contributed by atoms with Crippen LogP contribution in [0.15, 0.2) is 126 Å². The summed E-state index contributed by atoms with van der Waals surface area (Å²) in [6.07, 6.45) is 4.22. The van der Waals surface area contributed by atoms with E-state index in [1.165, 1.54) is 0 Å². The molecule has 8 aromatic rings. The number of nitrogens with zero attached hydrogens (tertiary/aromatic N) is 4. The Morgan fingerprint density at radius 1 is 0.603 bits per heavy atom. The van der Waals surface area contributed by atoms with Crippen molar-refractivity contribution < 1.29 is 18.8 Å². The number of rotatable bonds is 8. The average molecular weight is 970 g/mol. The van der Waals surface area contributed by atoms with Crippen molar-refractivity contribution in [2.24, 2.45) is 0 Å². The van der Waals surface area contributed by atoms with E-state index in [2.05, 4.69) is 105 Å². The summed E-state index contributed by atoms with van der Waals surface area (Å²) in [6, 6.07) is 36.0. The van der Waals surface area contributed by atoms with Gasteiger partial charge in [0.1, 0.15) is 11.5 Å². The summed E-state index contributed by atoms with van der Waals surface area (Å²) in [5.41, 5.74) is 26.1. The second-order valence-corrected chi connectivity index (χ2v) is 19.0. The molecule has 1 fully saturated rings. The molecule has 10 nitrogen and oxygen atoms in total. The van der Waals surface area contributed by atoms with Crippen molar-refractivity contribution in [2.45, 2.75) is 79.7 Å². The second-order valence-electron chi connectivity index (χ2n) is 18.1. The van der Waals surface area contributed by atoms with E-state index in [-0.39, 0.29) is 18.3 Å². The van der Waals surface area contributed by atoms with E-state index >= 15 is 0 Å². The normalized spacial score (nSPS) is 13.5. The van der Waals surface area contributed by atoms with Crippen LogP contribution in [0.5, 0.6) is 11.5 Å². The Morgan fingerprint density at radius 3 is 1.60 bits per heavy atom. The first-order chi connectivity index (χ1) is 32.4. The standard InChI is InChI=1S/C25H23N3O.C18H15BrN2O.C13H20BNO2/c1-16-12-24-20(13-23(16)27-3)21(19-9-7-10-22(26)17(19)2)15-28(24)14-18-8-5-6-11-25(18)29-4;1-12-8-17-14(9-16(12)20-2)15(19)11-21(17)10-13-6-4-5-7-18(13)22-3;1-9-10(7-6-8-11(9)15)14-16-12(2,3)13(4,5)17-14/h5-13,15H,14,26H2,1-2,4H3;4-9,11H,10H2,1,3H3;6-8H,15H2,1-5H3. The van der Waals surface area contributed by atoms with E-state index in [1.54, 1.807) is 14.2 Å². The summed E-state index contributed by atoms with van der Waals surface area (Å²) in [5, 5.41) is 2.12. The van der Waals surface area contributed by atoms with Gasteiger partial charge in [-0.3, -0.25) is 0 Å². The number of halogens is 1. The summed E-state index contributed by atoms with van der Waals surface area (Å²) in [7, 11) is 3.05. The molecule has 0 atom stereocenters. The van der Waals surface area contributed by atoms with Gasteiger partial charge < -0.3 is 39.4 Å². The number of benzene rings is 6. The zero-order valence-corrected chi connectivity index (χ0v) is 42.1. The molecule has 12 heteroatoms. The molecule has 0 unspecified atom stereocenters. The number of hydrogen-bond donors (Lipinski definition) is 2. The molecule has 4 N–H and O–H groups in total. The number of nitrogen functional groups attached to an aromatic ring is 2. The van der Waals surface area contributed by atoms with Gasteiger partial charge in [-0.1, -0.05) is 60.7 Å². The van der Waals surface area contributed by atoms with Gasteiger partial charge in [-0.05, 0) is 159 Å². The van der Waals surface area contributed by atoms with Crippen molar-refractivity contribution in [2.75, 3.05) is 25.7 Å². The highest BCUT2D eigenvalue weighted by atomic mass is 79.9. The third-order valence-electron chi connectivity index (χ3n) is 13.2. The first-order valence-corrected chi connectivity index (χ1v) is 23.2. The topological polar surface area (TPSA) is 108 Å². The zero-order valence-electron chi connectivity index (χ0n) is 40.5. The quantitative estimate of drug-likeness (QED) is 0.0892. The zero-order chi connectivity index (χ0) is 49.1. The molecule has 0 aliphatic carbocycles. The van der Waals surface area contributed by atoms with Gasteiger partial charge in [0, 0.05) is 61.4 Å². The van der Waals surface area contributed by atoms with Crippen molar-refractivity contribution in [1.29, 1.82) is 0 Å². The van der Waals surface area contributed by atoms with Gasteiger partial charge in [-0.15, -0.1) is 0 Å². The van der Waals surface area contributed by atoms with Crippen LogP contribution in [0, 0.1) is 40.8 Å². The molecule has 2 aromatic heterocycles. The minimum absolute atomic E-state index is 0.311. The lowest BCUT2D eigenvalue weighted by atomic mass is 9.76. The van der Waals surface area contributed by atoms with Crippen molar-refractivity contribution >= 4 is 73.1 Å². The fraction of sp³-hybridized carbons (Fsp3) is 0.250. The largest absolute Gasteiger partial charge is 0.496 e. The van der Waals surface area contributed by atoms with Crippen LogP contribution in [-0.4, -0.2) is 41.7 Å². The van der Waals surface area contributed by atoms with Gasteiger partial charge in [-0.2, -0.15) is 0 Å². The van der Waals surface area contributed by atoms with Gasteiger partial charge in [0.2, 0.25) is 0 Å². The smallest absolute Gasteiger partial charge is 0.495 e. The van der Waals surface area contributed by atoms with E-state index < -0.39 is 0 Å².